The molecule has 11 N–H and O–H groups in total. The SMILES string of the molecule is CC(=CCCC(C)(OC1OC(COC2OC(CO)C(O)C(O)C2O)C(O)C(O)C1O)C1CCC2(C)C1C(O)CC1C3(C)C(O)CC(O)C(C)(C)C3CCC12C)CO. The average molecular weight is 817 g/mol. The first-order valence-corrected chi connectivity index (χ1v) is 21.1. The van der Waals surface area contributed by atoms with E-state index in [1.165, 1.54) is 0 Å². The zero-order valence-electron chi connectivity index (χ0n) is 34.7. The Morgan fingerprint density at radius 2 is 1.32 bits per heavy atom. The van der Waals surface area contributed by atoms with E-state index in [4.69, 9.17) is 18.9 Å². The molecule has 330 valence electrons. The molecule has 21 unspecified atom stereocenters. The van der Waals surface area contributed by atoms with Gasteiger partial charge >= 0.3 is 0 Å². The molecular formula is C42H72O15. The van der Waals surface area contributed by atoms with Gasteiger partial charge in [0.25, 0.3) is 0 Å². The summed E-state index contributed by atoms with van der Waals surface area (Å²) in [5.74, 6) is -0.479. The maximum Gasteiger partial charge on any atom is 0.187 e. The average Bonchev–Trinajstić information content (AvgIpc) is 3.55. The topological polar surface area (TPSA) is 259 Å². The lowest BCUT2D eigenvalue weighted by Gasteiger charge is -2.71. The Morgan fingerprint density at radius 1 is 0.719 bits per heavy atom. The van der Waals surface area contributed by atoms with Gasteiger partial charge in [0.05, 0.1) is 43.7 Å². The van der Waals surface area contributed by atoms with Crippen LogP contribution in [0.5, 0.6) is 0 Å². The van der Waals surface area contributed by atoms with Crippen molar-refractivity contribution in [2.24, 2.45) is 45.3 Å². The van der Waals surface area contributed by atoms with Crippen LogP contribution < -0.4 is 0 Å². The van der Waals surface area contributed by atoms with Gasteiger partial charge in [-0.15, -0.1) is 0 Å². The van der Waals surface area contributed by atoms with Crippen LogP contribution in [0.4, 0.5) is 0 Å². The number of hydrogen-bond acceptors (Lipinski definition) is 15. The Hall–Kier alpha value is -0.860. The van der Waals surface area contributed by atoms with Crippen molar-refractivity contribution >= 4 is 0 Å². The van der Waals surface area contributed by atoms with E-state index < -0.39 is 109 Å². The van der Waals surface area contributed by atoms with Crippen LogP contribution in [0.25, 0.3) is 0 Å². The Balaban J connectivity index is 1.27. The number of rotatable bonds is 11. The summed E-state index contributed by atoms with van der Waals surface area (Å²) in [6.07, 6.45) is -11.0. The molecule has 0 aromatic heterocycles. The van der Waals surface area contributed by atoms with Crippen molar-refractivity contribution in [3.05, 3.63) is 11.6 Å². The third-order valence-electron chi connectivity index (χ3n) is 17.0. The summed E-state index contributed by atoms with van der Waals surface area (Å²) < 4.78 is 24.1. The van der Waals surface area contributed by atoms with E-state index in [9.17, 15) is 56.2 Å². The molecule has 0 amide bonds. The molecule has 15 heteroatoms. The summed E-state index contributed by atoms with van der Waals surface area (Å²) in [7, 11) is 0. The molecule has 0 spiro atoms. The van der Waals surface area contributed by atoms with E-state index in [-0.39, 0.29) is 47.5 Å². The Morgan fingerprint density at radius 3 is 1.95 bits per heavy atom. The molecule has 15 nitrogen and oxygen atoms in total. The van der Waals surface area contributed by atoms with Crippen molar-refractivity contribution in [3.63, 3.8) is 0 Å². The van der Waals surface area contributed by atoms with Crippen LogP contribution in [0, 0.1) is 45.3 Å². The third kappa shape index (κ3) is 7.39. The summed E-state index contributed by atoms with van der Waals surface area (Å²) >= 11 is 0. The van der Waals surface area contributed by atoms with E-state index in [0.717, 1.165) is 24.8 Å². The van der Waals surface area contributed by atoms with Gasteiger partial charge in [0.2, 0.25) is 0 Å². The lowest BCUT2D eigenvalue weighted by Crippen LogP contribution is -2.70. The van der Waals surface area contributed by atoms with Gasteiger partial charge in [-0.25, -0.2) is 0 Å². The number of hydrogen-bond donors (Lipinski definition) is 11. The highest BCUT2D eigenvalue weighted by Gasteiger charge is 2.73. The molecule has 4 aliphatic carbocycles. The van der Waals surface area contributed by atoms with Gasteiger partial charge in [0.15, 0.2) is 12.6 Å². The molecule has 4 saturated carbocycles. The molecule has 21 atom stereocenters. The van der Waals surface area contributed by atoms with Crippen LogP contribution in [-0.2, 0) is 18.9 Å². The van der Waals surface area contributed by atoms with Crippen molar-refractivity contribution in [1.82, 2.24) is 0 Å². The molecule has 6 fully saturated rings. The molecule has 57 heavy (non-hydrogen) atoms. The zero-order chi connectivity index (χ0) is 42.2. The lowest BCUT2D eigenvalue weighted by atomic mass is 9.34. The van der Waals surface area contributed by atoms with Gasteiger partial charge in [0.1, 0.15) is 48.8 Å². The van der Waals surface area contributed by atoms with Crippen LogP contribution in [0.15, 0.2) is 11.6 Å². The predicted octanol–water partition coefficient (Wildman–Crippen LogP) is 0.0922. The fourth-order valence-electron chi connectivity index (χ4n) is 13.2. The lowest BCUT2D eigenvalue weighted by molar-refractivity contribution is -0.350. The molecule has 0 aromatic rings. The second-order valence-corrected chi connectivity index (χ2v) is 20.1. The molecule has 2 heterocycles. The number of allylic oxidation sites excluding steroid dienone is 1. The second kappa shape index (κ2) is 16.4. The fraction of sp³-hybridized carbons (Fsp3) is 0.952. The van der Waals surface area contributed by atoms with Crippen LogP contribution in [0.1, 0.15) is 99.8 Å². The van der Waals surface area contributed by atoms with E-state index in [1.807, 2.05) is 19.9 Å². The van der Waals surface area contributed by atoms with Crippen molar-refractivity contribution < 1.29 is 75.1 Å². The molecule has 0 radical (unpaired) electrons. The fourth-order valence-corrected chi connectivity index (χ4v) is 13.2. The van der Waals surface area contributed by atoms with Gasteiger partial charge in [0, 0.05) is 11.8 Å². The molecule has 0 bridgehead atoms. The van der Waals surface area contributed by atoms with Crippen LogP contribution in [0.2, 0.25) is 0 Å². The van der Waals surface area contributed by atoms with Gasteiger partial charge < -0.3 is 75.1 Å². The van der Waals surface area contributed by atoms with Crippen molar-refractivity contribution in [3.8, 4) is 0 Å². The highest BCUT2D eigenvalue weighted by atomic mass is 16.7. The van der Waals surface area contributed by atoms with Gasteiger partial charge in [-0.3, -0.25) is 0 Å². The largest absolute Gasteiger partial charge is 0.394 e. The smallest absolute Gasteiger partial charge is 0.187 e. The first-order chi connectivity index (χ1) is 26.5. The zero-order valence-corrected chi connectivity index (χ0v) is 34.7. The standard InChI is InChI=1S/C42H72O15/c1-20(17-43)9-8-12-41(6,57-37-35(53)33(51)31(49)24(56-37)19-54-36-34(52)32(50)30(48)23(18-44)55-36)21-10-13-40(5)29(21)22(45)15-26-39(40,4)14-11-25-38(2,3)27(46)16-28(47)42(25,26)7/h9,21-37,43-53H,8,10-19H2,1-7H3. The van der Waals surface area contributed by atoms with E-state index >= 15 is 0 Å². The van der Waals surface area contributed by atoms with Gasteiger partial charge in [-0.2, -0.15) is 0 Å². The maximum absolute atomic E-state index is 12.4. The normalized spacial score (nSPS) is 52.4. The van der Waals surface area contributed by atoms with Crippen LogP contribution >= 0.6 is 0 Å². The van der Waals surface area contributed by atoms with Crippen molar-refractivity contribution in [2.45, 2.75) is 185 Å². The molecule has 6 rings (SSSR count). The molecule has 0 aromatic carbocycles. The minimum Gasteiger partial charge on any atom is -0.394 e. The molecule has 2 aliphatic heterocycles. The molecular weight excluding hydrogens is 744 g/mol. The Labute approximate surface area is 336 Å². The van der Waals surface area contributed by atoms with E-state index in [0.29, 0.717) is 25.7 Å². The highest BCUT2D eigenvalue weighted by molar-refractivity contribution is 5.21. The van der Waals surface area contributed by atoms with E-state index in [1.54, 1.807) is 0 Å². The second-order valence-electron chi connectivity index (χ2n) is 20.1. The predicted molar refractivity (Wildman–Crippen MR) is 204 cm³/mol. The number of ether oxygens (including phenoxy) is 4. The minimum absolute atomic E-state index is 0.0209. The number of fused-ring (bicyclic) bond motifs is 5. The van der Waals surface area contributed by atoms with Crippen LogP contribution in [-0.4, -0.2) is 161 Å². The summed E-state index contributed by atoms with van der Waals surface area (Å²) in [5.41, 5.74) is -1.91. The Bertz CT molecular complexity index is 1430. The first kappa shape index (κ1) is 45.7. The Kier molecular flexibility index (Phi) is 13.2. The first-order valence-electron chi connectivity index (χ1n) is 21.1. The molecule has 6 aliphatic rings. The molecule has 2 saturated heterocycles. The summed E-state index contributed by atoms with van der Waals surface area (Å²) in [5, 5.41) is 119. The van der Waals surface area contributed by atoms with Gasteiger partial charge in [-0.05, 0) is 98.7 Å². The highest BCUT2D eigenvalue weighted by Crippen LogP contribution is 2.76. The van der Waals surface area contributed by atoms with E-state index in [2.05, 4.69) is 34.6 Å². The van der Waals surface area contributed by atoms with Crippen molar-refractivity contribution in [2.75, 3.05) is 19.8 Å². The third-order valence-corrected chi connectivity index (χ3v) is 17.0. The monoisotopic (exact) mass is 816 g/mol. The minimum atomic E-state index is -1.73. The summed E-state index contributed by atoms with van der Waals surface area (Å²) in [6, 6.07) is 0. The number of aliphatic hydroxyl groups excluding tert-OH is 11. The summed E-state index contributed by atoms with van der Waals surface area (Å²) in [4.78, 5) is 0. The van der Waals surface area contributed by atoms with Crippen molar-refractivity contribution in [1.29, 1.82) is 0 Å². The van der Waals surface area contributed by atoms with Crippen LogP contribution in [0.3, 0.4) is 0 Å². The van der Waals surface area contributed by atoms with Gasteiger partial charge in [-0.1, -0.05) is 46.3 Å². The quantitative estimate of drug-likeness (QED) is 0.124. The maximum atomic E-state index is 12.4. The number of aliphatic hydroxyl groups is 11. The summed E-state index contributed by atoms with van der Waals surface area (Å²) in [6.45, 7) is 13.4.